The molecule has 3 N–H and O–H groups in total. The van der Waals surface area contributed by atoms with E-state index in [-0.39, 0.29) is 36.3 Å². The minimum Gasteiger partial charge on any atom is -0.352 e. The second-order valence-corrected chi connectivity index (χ2v) is 6.82. The first-order valence-corrected chi connectivity index (χ1v) is 8.80. The van der Waals surface area contributed by atoms with Gasteiger partial charge in [0.2, 0.25) is 5.91 Å². The van der Waals surface area contributed by atoms with Crippen LogP contribution in [-0.4, -0.2) is 30.4 Å². The molecule has 0 saturated carbocycles. The summed E-state index contributed by atoms with van der Waals surface area (Å²) in [5.41, 5.74) is 8.50. The van der Waals surface area contributed by atoms with Crippen LogP contribution in [0.15, 0.2) is 60.7 Å². The Morgan fingerprint density at radius 2 is 1.58 bits per heavy atom. The number of amides is 1. The van der Waals surface area contributed by atoms with Crippen molar-refractivity contribution < 1.29 is 4.79 Å². The lowest BCUT2D eigenvalue weighted by Gasteiger charge is -2.25. The van der Waals surface area contributed by atoms with Crippen molar-refractivity contribution in [1.29, 1.82) is 0 Å². The molecule has 2 aromatic rings. The van der Waals surface area contributed by atoms with Crippen molar-refractivity contribution in [1.82, 2.24) is 10.2 Å². The van der Waals surface area contributed by atoms with E-state index in [1.807, 2.05) is 62.4 Å². The molecule has 0 heterocycles. The monoisotopic (exact) mass is 375 g/mol. The van der Waals surface area contributed by atoms with E-state index < -0.39 is 0 Å². The van der Waals surface area contributed by atoms with Crippen LogP contribution in [-0.2, 0) is 11.3 Å². The lowest BCUT2D eigenvalue weighted by Crippen LogP contribution is -2.44. The summed E-state index contributed by atoms with van der Waals surface area (Å²) in [6.07, 6.45) is 0. The summed E-state index contributed by atoms with van der Waals surface area (Å²) in [6, 6.07) is 19.9. The molecule has 0 bridgehead atoms. The second-order valence-electron chi connectivity index (χ2n) is 6.82. The Morgan fingerprint density at radius 1 is 1.04 bits per heavy atom. The summed E-state index contributed by atoms with van der Waals surface area (Å²) >= 11 is 0. The number of halogens is 1. The number of rotatable bonds is 8. The van der Waals surface area contributed by atoms with Crippen LogP contribution in [0.1, 0.15) is 31.0 Å². The van der Waals surface area contributed by atoms with Gasteiger partial charge in [0.1, 0.15) is 0 Å². The van der Waals surface area contributed by atoms with E-state index in [9.17, 15) is 4.79 Å². The van der Waals surface area contributed by atoms with Crippen LogP contribution in [0.3, 0.4) is 0 Å². The minimum absolute atomic E-state index is 0. The standard InChI is InChI=1S/C21H29N3O.ClH/c1-16(14-24(3)15-18-10-6-4-7-11-18)23-21(25)17(2)20(22)19-12-8-5-9-13-19;/h4-13,16-17,20H,14-15,22H2,1-3H3,(H,23,25);1H. The van der Waals surface area contributed by atoms with Gasteiger partial charge in [-0.15, -0.1) is 12.4 Å². The summed E-state index contributed by atoms with van der Waals surface area (Å²) in [4.78, 5) is 14.7. The molecule has 26 heavy (non-hydrogen) atoms. The van der Waals surface area contributed by atoms with Crippen molar-refractivity contribution in [3.8, 4) is 0 Å². The lowest BCUT2D eigenvalue weighted by molar-refractivity contribution is -0.125. The molecule has 0 spiro atoms. The quantitative estimate of drug-likeness (QED) is 0.743. The first-order valence-electron chi connectivity index (χ1n) is 8.80. The van der Waals surface area contributed by atoms with Gasteiger partial charge in [0.25, 0.3) is 0 Å². The molecule has 4 nitrogen and oxygen atoms in total. The molecule has 0 saturated heterocycles. The summed E-state index contributed by atoms with van der Waals surface area (Å²) in [7, 11) is 2.06. The average Bonchev–Trinajstić information content (AvgIpc) is 2.61. The largest absolute Gasteiger partial charge is 0.352 e. The van der Waals surface area contributed by atoms with Crippen LogP contribution in [0.25, 0.3) is 0 Å². The SMILES string of the molecule is CC(CN(C)Cc1ccccc1)NC(=O)C(C)C(N)c1ccccc1.Cl. The van der Waals surface area contributed by atoms with Crippen LogP contribution in [0.4, 0.5) is 0 Å². The molecule has 0 radical (unpaired) electrons. The molecule has 0 aliphatic carbocycles. The first-order chi connectivity index (χ1) is 12.0. The highest BCUT2D eigenvalue weighted by molar-refractivity contribution is 5.85. The Kier molecular flexibility index (Phi) is 9.35. The van der Waals surface area contributed by atoms with Gasteiger partial charge in [0, 0.05) is 25.2 Å². The van der Waals surface area contributed by atoms with Crippen molar-refractivity contribution >= 4 is 18.3 Å². The van der Waals surface area contributed by atoms with Crippen molar-refractivity contribution in [2.24, 2.45) is 11.7 Å². The van der Waals surface area contributed by atoms with E-state index in [1.54, 1.807) is 0 Å². The molecule has 5 heteroatoms. The first kappa shape index (κ1) is 22.2. The lowest BCUT2D eigenvalue weighted by atomic mass is 9.94. The fraction of sp³-hybridized carbons (Fsp3) is 0.381. The zero-order chi connectivity index (χ0) is 18.2. The predicted octanol–water partition coefficient (Wildman–Crippen LogP) is 3.38. The Bertz CT molecular complexity index is 651. The third-order valence-corrected chi connectivity index (χ3v) is 4.41. The van der Waals surface area contributed by atoms with E-state index in [0.717, 1.165) is 18.7 Å². The number of benzene rings is 2. The molecule has 0 aliphatic rings. The maximum Gasteiger partial charge on any atom is 0.224 e. The van der Waals surface area contributed by atoms with Crippen LogP contribution < -0.4 is 11.1 Å². The van der Waals surface area contributed by atoms with Gasteiger partial charge in [0.15, 0.2) is 0 Å². The molecule has 0 aromatic heterocycles. The number of carbonyl (C=O) groups excluding carboxylic acids is 1. The topological polar surface area (TPSA) is 58.4 Å². The number of hydrogen-bond donors (Lipinski definition) is 2. The van der Waals surface area contributed by atoms with Gasteiger partial charge in [-0.1, -0.05) is 67.6 Å². The van der Waals surface area contributed by atoms with Crippen LogP contribution in [0.5, 0.6) is 0 Å². The molecule has 142 valence electrons. The number of likely N-dealkylation sites (N-methyl/N-ethyl adjacent to an activating group) is 1. The average molecular weight is 376 g/mol. The third kappa shape index (κ3) is 6.79. The molecule has 2 aromatic carbocycles. The number of nitrogens with zero attached hydrogens (tertiary/aromatic N) is 1. The summed E-state index contributed by atoms with van der Waals surface area (Å²) in [6.45, 7) is 5.56. The van der Waals surface area contributed by atoms with Crippen LogP contribution in [0.2, 0.25) is 0 Å². The highest BCUT2D eigenvalue weighted by Gasteiger charge is 2.23. The minimum atomic E-state index is -0.296. The Balaban J connectivity index is 0.00000338. The molecule has 0 fully saturated rings. The van der Waals surface area contributed by atoms with E-state index in [4.69, 9.17) is 5.73 Å². The van der Waals surface area contributed by atoms with E-state index >= 15 is 0 Å². The molecule has 0 aliphatic heterocycles. The predicted molar refractivity (Wildman–Crippen MR) is 110 cm³/mol. The Hall–Kier alpha value is -1.88. The van der Waals surface area contributed by atoms with Gasteiger partial charge in [0.05, 0.1) is 5.92 Å². The highest BCUT2D eigenvalue weighted by Crippen LogP contribution is 2.19. The van der Waals surface area contributed by atoms with E-state index in [1.165, 1.54) is 5.56 Å². The maximum absolute atomic E-state index is 12.5. The molecule has 3 unspecified atom stereocenters. The highest BCUT2D eigenvalue weighted by atomic mass is 35.5. The maximum atomic E-state index is 12.5. The molecule has 2 rings (SSSR count). The fourth-order valence-electron chi connectivity index (χ4n) is 2.97. The Labute approximate surface area is 163 Å². The second kappa shape index (κ2) is 11.0. The van der Waals surface area contributed by atoms with E-state index in [2.05, 4.69) is 29.4 Å². The van der Waals surface area contributed by atoms with E-state index in [0.29, 0.717) is 0 Å². The normalized spacial score (nSPS) is 14.2. The van der Waals surface area contributed by atoms with Gasteiger partial charge in [-0.05, 0) is 25.1 Å². The van der Waals surface area contributed by atoms with Crippen molar-refractivity contribution in [2.45, 2.75) is 32.5 Å². The van der Waals surface area contributed by atoms with Crippen LogP contribution >= 0.6 is 12.4 Å². The summed E-state index contributed by atoms with van der Waals surface area (Å²) in [5.74, 6) is -0.277. The molecular weight excluding hydrogens is 346 g/mol. The zero-order valence-corrected chi connectivity index (χ0v) is 16.6. The number of nitrogens with one attached hydrogen (secondary N) is 1. The van der Waals surface area contributed by atoms with Gasteiger partial charge < -0.3 is 16.0 Å². The summed E-state index contributed by atoms with van der Waals surface area (Å²) in [5, 5.41) is 3.09. The molecule has 3 atom stereocenters. The number of carbonyl (C=O) groups is 1. The van der Waals surface area contributed by atoms with Crippen molar-refractivity contribution in [2.75, 3.05) is 13.6 Å². The molecular formula is C21H30ClN3O. The van der Waals surface area contributed by atoms with Crippen molar-refractivity contribution in [3.05, 3.63) is 71.8 Å². The van der Waals surface area contributed by atoms with Gasteiger partial charge >= 0.3 is 0 Å². The van der Waals surface area contributed by atoms with Gasteiger partial charge in [-0.3, -0.25) is 4.79 Å². The Morgan fingerprint density at radius 3 is 2.15 bits per heavy atom. The fourth-order valence-corrected chi connectivity index (χ4v) is 2.97. The third-order valence-electron chi connectivity index (χ3n) is 4.41. The molecule has 1 amide bonds. The number of nitrogens with two attached hydrogens (primary N) is 1. The smallest absolute Gasteiger partial charge is 0.224 e. The van der Waals surface area contributed by atoms with Crippen LogP contribution in [0, 0.1) is 5.92 Å². The zero-order valence-electron chi connectivity index (χ0n) is 15.8. The summed E-state index contributed by atoms with van der Waals surface area (Å²) < 4.78 is 0. The number of hydrogen-bond acceptors (Lipinski definition) is 3. The van der Waals surface area contributed by atoms with Gasteiger partial charge in [-0.2, -0.15) is 0 Å². The van der Waals surface area contributed by atoms with Crippen molar-refractivity contribution in [3.63, 3.8) is 0 Å². The van der Waals surface area contributed by atoms with Gasteiger partial charge in [-0.25, -0.2) is 0 Å².